The Morgan fingerprint density at radius 3 is 2.10 bits per heavy atom. The maximum absolute atomic E-state index is 12.3. The number of benzene rings is 3. The highest BCUT2D eigenvalue weighted by Crippen LogP contribution is 2.16. The van der Waals surface area contributed by atoms with Crippen LogP contribution in [0.25, 0.3) is 0 Å². The van der Waals surface area contributed by atoms with Gasteiger partial charge in [0.25, 0.3) is 5.91 Å². The topological polar surface area (TPSA) is 76.7 Å². The van der Waals surface area contributed by atoms with Crippen molar-refractivity contribution in [1.29, 1.82) is 0 Å². The maximum Gasteiger partial charge on any atom is 0.251 e. The normalized spacial score (nSPS) is 10.2. The molecule has 3 rings (SSSR count). The summed E-state index contributed by atoms with van der Waals surface area (Å²) in [4.78, 5) is 24.3. The molecule has 0 heterocycles. The van der Waals surface area contributed by atoms with Gasteiger partial charge in [0.1, 0.15) is 18.1 Å². The lowest BCUT2D eigenvalue weighted by atomic mass is 10.2. The van der Waals surface area contributed by atoms with E-state index in [4.69, 9.17) is 9.47 Å². The average molecular weight is 404 g/mol. The molecule has 0 aliphatic heterocycles. The SMILES string of the molecule is CCOc1ccc(NC(=O)CNC(=O)c2ccc(OCc3ccccc3)cc2)cc1. The number of rotatable bonds is 9. The minimum atomic E-state index is -0.327. The Kier molecular flexibility index (Phi) is 7.44. The summed E-state index contributed by atoms with van der Waals surface area (Å²) in [6.45, 7) is 2.82. The van der Waals surface area contributed by atoms with Gasteiger partial charge in [-0.3, -0.25) is 9.59 Å². The molecule has 0 aliphatic rings. The van der Waals surface area contributed by atoms with Crippen LogP contribution in [0.5, 0.6) is 11.5 Å². The van der Waals surface area contributed by atoms with Gasteiger partial charge in [-0.2, -0.15) is 0 Å². The fourth-order valence-corrected chi connectivity index (χ4v) is 2.71. The van der Waals surface area contributed by atoms with Crippen molar-refractivity contribution in [2.75, 3.05) is 18.5 Å². The molecular weight excluding hydrogens is 380 g/mol. The first-order valence-corrected chi connectivity index (χ1v) is 9.72. The zero-order chi connectivity index (χ0) is 21.2. The summed E-state index contributed by atoms with van der Waals surface area (Å²) < 4.78 is 11.1. The number of nitrogens with one attached hydrogen (secondary N) is 2. The predicted molar refractivity (Wildman–Crippen MR) is 116 cm³/mol. The molecule has 6 heteroatoms. The first-order chi connectivity index (χ1) is 14.6. The van der Waals surface area contributed by atoms with E-state index < -0.39 is 0 Å². The van der Waals surface area contributed by atoms with Gasteiger partial charge in [0.2, 0.25) is 5.91 Å². The van der Waals surface area contributed by atoms with E-state index in [1.807, 2.05) is 37.3 Å². The van der Waals surface area contributed by atoms with Gasteiger partial charge >= 0.3 is 0 Å². The Bertz CT molecular complexity index is 955. The molecule has 0 bridgehead atoms. The Morgan fingerprint density at radius 2 is 1.43 bits per heavy atom. The Balaban J connectivity index is 1.44. The molecular formula is C24H24N2O4. The fourth-order valence-electron chi connectivity index (χ4n) is 2.71. The second kappa shape index (κ2) is 10.7. The molecule has 0 aliphatic carbocycles. The summed E-state index contributed by atoms with van der Waals surface area (Å²) in [5.74, 6) is 0.769. The number of carbonyl (C=O) groups is 2. The van der Waals surface area contributed by atoms with E-state index in [0.29, 0.717) is 30.2 Å². The Labute approximate surface area is 175 Å². The molecule has 3 aromatic rings. The minimum Gasteiger partial charge on any atom is -0.494 e. The van der Waals surface area contributed by atoms with Crippen LogP contribution in [0.2, 0.25) is 0 Å². The molecule has 30 heavy (non-hydrogen) atoms. The highest BCUT2D eigenvalue weighted by molar-refractivity contribution is 5.99. The monoisotopic (exact) mass is 404 g/mol. The van der Waals surface area contributed by atoms with Crippen LogP contribution in [0.15, 0.2) is 78.9 Å². The van der Waals surface area contributed by atoms with Crippen LogP contribution in [-0.4, -0.2) is 25.0 Å². The summed E-state index contributed by atoms with van der Waals surface area (Å²) in [6.07, 6.45) is 0. The number of ether oxygens (including phenoxy) is 2. The van der Waals surface area contributed by atoms with Crippen LogP contribution < -0.4 is 20.1 Å². The first kappa shape index (κ1) is 20.9. The Morgan fingerprint density at radius 1 is 0.800 bits per heavy atom. The number of amides is 2. The maximum atomic E-state index is 12.3. The molecule has 6 nitrogen and oxygen atoms in total. The van der Waals surface area contributed by atoms with Crippen LogP contribution in [0, 0.1) is 0 Å². The van der Waals surface area contributed by atoms with Gasteiger partial charge in [-0.25, -0.2) is 0 Å². The summed E-state index contributed by atoms with van der Waals surface area (Å²) in [6, 6.07) is 23.7. The number of anilines is 1. The molecule has 0 aromatic heterocycles. The van der Waals surface area contributed by atoms with Crippen LogP contribution in [0.3, 0.4) is 0 Å². The van der Waals surface area contributed by atoms with Gasteiger partial charge < -0.3 is 20.1 Å². The van der Waals surface area contributed by atoms with Crippen molar-refractivity contribution in [2.24, 2.45) is 0 Å². The smallest absolute Gasteiger partial charge is 0.251 e. The van der Waals surface area contributed by atoms with E-state index in [0.717, 1.165) is 11.3 Å². The van der Waals surface area contributed by atoms with E-state index in [1.54, 1.807) is 48.5 Å². The van der Waals surface area contributed by atoms with Gasteiger partial charge in [-0.1, -0.05) is 30.3 Å². The van der Waals surface area contributed by atoms with Gasteiger partial charge in [-0.05, 0) is 61.0 Å². The van der Waals surface area contributed by atoms with Crippen molar-refractivity contribution in [3.63, 3.8) is 0 Å². The molecule has 0 radical (unpaired) electrons. The second-order valence-corrected chi connectivity index (χ2v) is 6.49. The van der Waals surface area contributed by atoms with Crippen molar-refractivity contribution in [3.05, 3.63) is 90.0 Å². The highest BCUT2D eigenvalue weighted by Gasteiger charge is 2.09. The molecule has 0 fully saturated rings. The van der Waals surface area contributed by atoms with E-state index in [2.05, 4.69) is 10.6 Å². The highest BCUT2D eigenvalue weighted by atomic mass is 16.5. The van der Waals surface area contributed by atoms with Crippen molar-refractivity contribution in [2.45, 2.75) is 13.5 Å². The van der Waals surface area contributed by atoms with Crippen molar-refractivity contribution < 1.29 is 19.1 Å². The third-order valence-corrected chi connectivity index (χ3v) is 4.22. The summed E-state index contributed by atoms with van der Waals surface area (Å²) >= 11 is 0. The zero-order valence-electron chi connectivity index (χ0n) is 16.8. The van der Waals surface area contributed by atoms with Crippen molar-refractivity contribution >= 4 is 17.5 Å². The lowest BCUT2D eigenvalue weighted by Crippen LogP contribution is -2.32. The average Bonchev–Trinajstić information content (AvgIpc) is 2.78. The van der Waals surface area contributed by atoms with E-state index >= 15 is 0 Å². The van der Waals surface area contributed by atoms with Crippen molar-refractivity contribution in [3.8, 4) is 11.5 Å². The van der Waals surface area contributed by atoms with Gasteiger partial charge in [0, 0.05) is 11.3 Å². The van der Waals surface area contributed by atoms with Gasteiger partial charge in [0.15, 0.2) is 0 Å². The molecule has 0 unspecified atom stereocenters. The zero-order valence-corrected chi connectivity index (χ0v) is 16.8. The van der Waals surface area contributed by atoms with E-state index in [-0.39, 0.29) is 18.4 Å². The molecule has 3 aromatic carbocycles. The first-order valence-electron chi connectivity index (χ1n) is 9.72. The lowest BCUT2D eigenvalue weighted by molar-refractivity contribution is -0.115. The number of carbonyl (C=O) groups excluding carboxylic acids is 2. The van der Waals surface area contributed by atoms with Crippen LogP contribution in [-0.2, 0) is 11.4 Å². The van der Waals surface area contributed by atoms with Gasteiger partial charge in [0.05, 0.1) is 13.2 Å². The molecule has 2 N–H and O–H groups in total. The number of hydrogen-bond donors (Lipinski definition) is 2. The fraction of sp³-hybridized carbons (Fsp3) is 0.167. The largest absolute Gasteiger partial charge is 0.494 e. The summed E-state index contributed by atoms with van der Waals surface area (Å²) in [5, 5.41) is 5.34. The van der Waals surface area contributed by atoms with Crippen LogP contribution in [0.1, 0.15) is 22.8 Å². The third-order valence-electron chi connectivity index (χ3n) is 4.22. The molecule has 0 saturated carbocycles. The summed E-state index contributed by atoms with van der Waals surface area (Å²) in [5.41, 5.74) is 2.16. The van der Waals surface area contributed by atoms with Crippen molar-refractivity contribution in [1.82, 2.24) is 5.32 Å². The molecule has 0 saturated heterocycles. The van der Waals surface area contributed by atoms with Crippen LogP contribution >= 0.6 is 0 Å². The molecule has 2 amide bonds. The lowest BCUT2D eigenvalue weighted by Gasteiger charge is -2.09. The van der Waals surface area contributed by atoms with E-state index in [9.17, 15) is 9.59 Å². The quantitative estimate of drug-likeness (QED) is 0.565. The minimum absolute atomic E-state index is 0.127. The molecule has 0 atom stereocenters. The third kappa shape index (κ3) is 6.38. The van der Waals surface area contributed by atoms with Gasteiger partial charge in [-0.15, -0.1) is 0 Å². The van der Waals surface area contributed by atoms with Crippen LogP contribution in [0.4, 0.5) is 5.69 Å². The standard InChI is InChI=1S/C24H24N2O4/c1-2-29-21-14-10-20(11-15-21)26-23(27)16-25-24(28)19-8-12-22(13-9-19)30-17-18-6-4-3-5-7-18/h3-15H,2,16-17H2,1H3,(H,25,28)(H,26,27). The summed E-state index contributed by atoms with van der Waals surface area (Å²) in [7, 11) is 0. The Hall–Kier alpha value is -3.80. The van der Waals surface area contributed by atoms with E-state index in [1.165, 1.54) is 0 Å². The predicted octanol–water partition coefficient (Wildman–Crippen LogP) is 4.03. The second-order valence-electron chi connectivity index (χ2n) is 6.49. The number of hydrogen-bond acceptors (Lipinski definition) is 4. The molecule has 154 valence electrons. The molecule has 0 spiro atoms.